The van der Waals surface area contributed by atoms with E-state index in [0.29, 0.717) is 13.2 Å². The van der Waals surface area contributed by atoms with E-state index in [1.807, 2.05) is 25.1 Å². The van der Waals surface area contributed by atoms with Crippen molar-refractivity contribution in [2.75, 3.05) is 32.8 Å². The zero-order valence-corrected chi connectivity index (χ0v) is 14.3. The molecular formula is C19H27N3O2. The molecule has 0 saturated carbocycles. The summed E-state index contributed by atoms with van der Waals surface area (Å²) < 4.78 is 10.7. The Morgan fingerprint density at radius 2 is 1.83 bits per heavy atom. The number of furan rings is 1. The number of benzene rings is 1. The molecule has 130 valence electrons. The van der Waals surface area contributed by atoms with E-state index in [4.69, 9.17) is 9.15 Å². The lowest BCUT2D eigenvalue weighted by molar-refractivity contribution is 0.155. The summed E-state index contributed by atoms with van der Waals surface area (Å²) in [5.74, 6) is 1.79. The summed E-state index contributed by atoms with van der Waals surface area (Å²) in [7, 11) is 0. The highest BCUT2D eigenvalue weighted by atomic mass is 16.5. The van der Waals surface area contributed by atoms with Crippen molar-refractivity contribution in [3.8, 4) is 0 Å². The average Bonchev–Trinajstić information content (AvgIpc) is 3.12. The predicted octanol–water partition coefficient (Wildman–Crippen LogP) is 2.64. The largest absolute Gasteiger partial charge is 0.469 e. The molecule has 0 saturated heterocycles. The molecule has 0 aliphatic rings. The van der Waals surface area contributed by atoms with Gasteiger partial charge in [0.05, 0.1) is 19.4 Å². The van der Waals surface area contributed by atoms with Crippen molar-refractivity contribution < 1.29 is 9.15 Å². The smallest absolute Gasteiger partial charge is 0.191 e. The maximum Gasteiger partial charge on any atom is 0.191 e. The number of aliphatic imine (C=N–C) groups is 1. The number of nitrogens with one attached hydrogen (secondary N) is 2. The third-order valence-electron chi connectivity index (χ3n) is 3.50. The topological polar surface area (TPSA) is 58.8 Å². The molecule has 0 spiro atoms. The lowest BCUT2D eigenvalue weighted by Crippen LogP contribution is -2.39. The van der Waals surface area contributed by atoms with E-state index in [1.165, 1.54) is 5.56 Å². The molecule has 0 fully saturated rings. The summed E-state index contributed by atoms with van der Waals surface area (Å²) in [6, 6.07) is 14.3. The van der Waals surface area contributed by atoms with Crippen LogP contribution in [-0.2, 0) is 17.6 Å². The first-order valence-electron chi connectivity index (χ1n) is 8.54. The van der Waals surface area contributed by atoms with Crippen molar-refractivity contribution in [2.24, 2.45) is 4.99 Å². The molecule has 1 heterocycles. The van der Waals surface area contributed by atoms with Crippen LogP contribution in [0.1, 0.15) is 18.2 Å². The van der Waals surface area contributed by atoms with Gasteiger partial charge in [0.25, 0.3) is 0 Å². The molecule has 1 aromatic carbocycles. The number of nitrogens with zero attached hydrogens (tertiary/aromatic N) is 1. The predicted molar refractivity (Wildman–Crippen MR) is 97.4 cm³/mol. The molecular weight excluding hydrogens is 302 g/mol. The first-order chi connectivity index (χ1) is 11.9. The van der Waals surface area contributed by atoms with Gasteiger partial charge >= 0.3 is 0 Å². The molecule has 2 N–H and O–H groups in total. The Hall–Kier alpha value is -2.27. The summed E-state index contributed by atoms with van der Waals surface area (Å²) in [5.41, 5.74) is 1.31. The molecule has 0 amide bonds. The van der Waals surface area contributed by atoms with E-state index >= 15 is 0 Å². The quantitative estimate of drug-likeness (QED) is 0.400. The Morgan fingerprint density at radius 1 is 1.04 bits per heavy atom. The molecule has 0 bridgehead atoms. The molecule has 0 aliphatic carbocycles. The van der Waals surface area contributed by atoms with Crippen molar-refractivity contribution >= 4 is 5.96 Å². The maximum absolute atomic E-state index is 5.35. The number of hydrogen-bond donors (Lipinski definition) is 2. The molecule has 5 heteroatoms. The van der Waals surface area contributed by atoms with Crippen LogP contribution in [0.2, 0.25) is 0 Å². The molecule has 0 atom stereocenters. The van der Waals surface area contributed by atoms with Gasteiger partial charge in [-0.25, -0.2) is 0 Å². The monoisotopic (exact) mass is 329 g/mol. The fraction of sp³-hybridized carbons (Fsp3) is 0.421. The Kier molecular flexibility index (Phi) is 8.51. The van der Waals surface area contributed by atoms with E-state index in [-0.39, 0.29) is 0 Å². The van der Waals surface area contributed by atoms with E-state index in [0.717, 1.165) is 44.3 Å². The summed E-state index contributed by atoms with van der Waals surface area (Å²) in [6.45, 7) is 5.61. The Labute approximate surface area is 144 Å². The first-order valence-corrected chi connectivity index (χ1v) is 8.54. The van der Waals surface area contributed by atoms with Gasteiger partial charge in [0.1, 0.15) is 5.76 Å². The number of rotatable bonds is 10. The summed E-state index contributed by atoms with van der Waals surface area (Å²) in [6.07, 6.45) is 3.49. The van der Waals surface area contributed by atoms with Crippen LogP contribution in [0.25, 0.3) is 0 Å². The summed E-state index contributed by atoms with van der Waals surface area (Å²) in [5, 5.41) is 6.72. The molecule has 0 aliphatic heterocycles. The maximum atomic E-state index is 5.35. The highest BCUT2D eigenvalue weighted by molar-refractivity contribution is 5.79. The zero-order valence-electron chi connectivity index (χ0n) is 14.3. The minimum atomic E-state index is 0.639. The first kappa shape index (κ1) is 18.1. The molecule has 2 rings (SSSR count). The standard InChI is InChI=1S/C19H27N3O2/c1-2-23-16-14-22-19(21-13-11-18-9-6-15-24-18)20-12-10-17-7-4-3-5-8-17/h3-9,15H,2,10-14,16H2,1H3,(H2,20,21,22). The van der Waals surface area contributed by atoms with E-state index < -0.39 is 0 Å². The van der Waals surface area contributed by atoms with Gasteiger partial charge in [0.2, 0.25) is 0 Å². The van der Waals surface area contributed by atoms with Crippen LogP contribution in [-0.4, -0.2) is 38.8 Å². The fourth-order valence-corrected chi connectivity index (χ4v) is 2.27. The van der Waals surface area contributed by atoms with Crippen LogP contribution in [0.15, 0.2) is 58.1 Å². The van der Waals surface area contributed by atoms with Gasteiger partial charge in [0.15, 0.2) is 5.96 Å². The minimum absolute atomic E-state index is 0.639. The molecule has 0 radical (unpaired) electrons. The Morgan fingerprint density at radius 3 is 2.54 bits per heavy atom. The normalized spacial score (nSPS) is 11.5. The van der Waals surface area contributed by atoms with Gasteiger partial charge in [-0.15, -0.1) is 0 Å². The minimum Gasteiger partial charge on any atom is -0.469 e. The fourth-order valence-electron chi connectivity index (χ4n) is 2.27. The van der Waals surface area contributed by atoms with Crippen LogP contribution in [0.5, 0.6) is 0 Å². The lowest BCUT2D eigenvalue weighted by Gasteiger charge is -2.12. The second-order valence-corrected chi connectivity index (χ2v) is 5.35. The zero-order chi connectivity index (χ0) is 16.9. The van der Waals surface area contributed by atoms with Gasteiger partial charge in [-0.1, -0.05) is 30.3 Å². The lowest BCUT2D eigenvalue weighted by atomic mass is 10.1. The van der Waals surface area contributed by atoms with Crippen LogP contribution in [0.4, 0.5) is 0 Å². The number of guanidine groups is 1. The van der Waals surface area contributed by atoms with Crippen molar-refractivity contribution in [3.63, 3.8) is 0 Å². The summed E-state index contributed by atoms with van der Waals surface area (Å²) in [4.78, 5) is 4.55. The SMILES string of the molecule is CCOCCN=C(NCCc1ccccc1)NCCc1ccco1. The van der Waals surface area contributed by atoms with Crippen LogP contribution < -0.4 is 10.6 Å². The van der Waals surface area contributed by atoms with Crippen LogP contribution in [0.3, 0.4) is 0 Å². The third kappa shape index (κ3) is 7.33. The van der Waals surface area contributed by atoms with Gasteiger partial charge in [-0.05, 0) is 31.0 Å². The van der Waals surface area contributed by atoms with Crippen molar-refractivity contribution in [1.29, 1.82) is 0 Å². The third-order valence-corrected chi connectivity index (χ3v) is 3.50. The summed E-state index contributed by atoms with van der Waals surface area (Å²) >= 11 is 0. The molecule has 2 aromatic rings. The average molecular weight is 329 g/mol. The van der Waals surface area contributed by atoms with E-state index in [2.05, 4.69) is 39.9 Å². The van der Waals surface area contributed by atoms with Crippen molar-refractivity contribution in [2.45, 2.75) is 19.8 Å². The second kappa shape index (κ2) is 11.3. The highest BCUT2D eigenvalue weighted by Gasteiger charge is 2.00. The van der Waals surface area contributed by atoms with Crippen molar-refractivity contribution in [3.05, 3.63) is 60.1 Å². The Balaban J connectivity index is 1.75. The highest BCUT2D eigenvalue weighted by Crippen LogP contribution is 2.00. The molecule has 24 heavy (non-hydrogen) atoms. The second-order valence-electron chi connectivity index (χ2n) is 5.35. The van der Waals surface area contributed by atoms with Crippen LogP contribution in [0, 0.1) is 0 Å². The van der Waals surface area contributed by atoms with Gasteiger partial charge < -0.3 is 19.8 Å². The van der Waals surface area contributed by atoms with E-state index in [9.17, 15) is 0 Å². The Bertz CT molecular complexity index is 568. The molecule has 1 aromatic heterocycles. The van der Waals surface area contributed by atoms with E-state index in [1.54, 1.807) is 6.26 Å². The molecule has 5 nitrogen and oxygen atoms in total. The van der Waals surface area contributed by atoms with Crippen LogP contribution >= 0.6 is 0 Å². The van der Waals surface area contributed by atoms with Gasteiger partial charge in [0, 0.05) is 26.1 Å². The molecule has 0 unspecified atom stereocenters. The number of hydrogen-bond acceptors (Lipinski definition) is 3. The van der Waals surface area contributed by atoms with Gasteiger partial charge in [-0.3, -0.25) is 4.99 Å². The van der Waals surface area contributed by atoms with Gasteiger partial charge in [-0.2, -0.15) is 0 Å². The van der Waals surface area contributed by atoms with Crippen molar-refractivity contribution in [1.82, 2.24) is 10.6 Å². The number of ether oxygens (including phenoxy) is 1.